The van der Waals surface area contributed by atoms with Gasteiger partial charge in [0.1, 0.15) is 24.7 Å². The van der Waals surface area contributed by atoms with Crippen molar-refractivity contribution >= 4 is 17.5 Å². The van der Waals surface area contributed by atoms with Crippen molar-refractivity contribution in [2.75, 3.05) is 32.1 Å². The van der Waals surface area contributed by atoms with E-state index in [0.717, 1.165) is 12.1 Å². The number of pyridine rings is 1. The van der Waals surface area contributed by atoms with Crippen LogP contribution in [0.3, 0.4) is 0 Å². The number of tetrazole rings is 1. The van der Waals surface area contributed by atoms with Crippen LogP contribution in [0.25, 0.3) is 0 Å². The quantitative estimate of drug-likeness (QED) is 0.421. The highest BCUT2D eigenvalue weighted by atomic mass is 16.5. The number of ether oxygens (including phenoxy) is 1. The maximum absolute atomic E-state index is 13.4. The third-order valence-electron chi connectivity index (χ3n) is 6.59. The van der Waals surface area contributed by atoms with Crippen LogP contribution in [-0.2, 0) is 29.1 Å². The molecule has 1 aliphatic heterocycles. The van der Waals surface area contributed by atoms with Gasteiger partial charge in [0.25, 0.3) is 0 Å². The van der Waals surface area contributed by atoms with Crippen molar-refractivity contribution < 1.29 is 19.4 Å². The molecule has 2 N–H and O–H groups in total. The van der Waals surface area contributed by atoms with Gasteiger partial charge in [-0.05, 0) is 60.3 Å². The number of hydrogen-bond donors (Lipinski definition) is 2. The van der Waals surface area contributed by atoms with Crippen molar-refractivity contribution in [1.29, 1.82) is 0 Å². The lowest BCUT2D eigenvalue weighted by atomic mass is 10.0. The zero-order chi connectivity index (χ0) is 27.1. The fourth-order valence-electron chi connectivity index (χ4n) is 4.50. The number of aromatic nitrogens is 5. The van der Waals surface area contributed by atoms with Crippen LogP contribution in [-0.4, -0.2) is 90.8 Å². The molecule has 2 amide bonds. The number of nitrogens with zero attached hydrogens (tertiary/aromatic N) is 7. The number of hydrogen-bond acceptors (Lipinski definition) is 9. The van der Waals surface area contributed by atoms with Crippen LogP contribution < -0.4 is 10.1 Å². The number of aliphatic hydroxyl groups excluding tert-OH is 1. The fourth-order valence-corrected chi connectivity index (χ4v) is 4.50. The third kappa shape index (κ3) is 7.11. The van der Waals surface area contributed by atoms with Crippen LogP contribution in [0.15, 0.2) is 49.1 Å². The van der Waals surface area contributed by atoms with Gasteiger partial charge in [-0.15, -0.1) is 5.10 Å². The molecule has 2 aromatic heterocycles. The first-order valence-corrected chi connectivity index (χ1v) is 12.6. The van der Waals surface area contributed by atoms with Crippen molar-refractivity contribution in [3.8, 4) is 5.75 Å². The first-order chi connectivity index (χ1) is 18.3. The van der Waals surface area contributed by atoms with Crippen LogP contribution in [0.5, 0.6) is 5.75 Å². The number of amides is 2. The second kappa shape index (κ2) is 12.6. The Bertz CT molecular complexity index is 1210. The first kappa shape index (κ1) is 27.1. The summed E-state index contributed by atoms with van der Waals surface area (Å²) in [5.74, 6) is 0.192. The standard InChI is InChI=1S/C26H34N8O4/c1-18-12-34(19(2)16-35)26(37)11-21-10-22(29-25(36)15-33-17-28-30-31-33)4-5-23(21)38-24(18)14-32(3)13-20-6-8-27-9-7-20/h4-10,17-19,24,35H,11-16H2,1-3H3,(H,29,36)/t18-,19-,24+/m1/s1. The number of aliphatic hydroxyl groups is 1. The number of carbonyl (C=O) groups excluding carboxylic acids is 2. The van der Waals surface area contributed by atoms with Gasteiger partial charge in [0.15, 0.2) is 0 Å². The lowest BCUT2D eigenvalue weighted by molar-refractivity contribution is -0.134. The Balaban J connectivity index is 1.57. The molecule has 12 nitrogen and oxygen atoms in total. The van der Waals surface area contributed by atoms with E-state index in [1.54, 1.807) is 35.5 Å². The van der Waals surface area contributed by atoms with Gasteiger partial charge in [0.2, 0.25) is 11.8 Å². The summed E-state index contributed by atoms with van der Waals surface area (Å²) >= 11 is 0. The minimum absolute atomic E-state index is 0.00513. The first-order valence-electron chi connectivity index (χ1n) is 12.6. The van der Waals surface area contributed by atoms with Crippen LogP contribution in [0.4, 0.5) is 5.69 Å². The molecule has 4 rings (SSSR count). The number of fused-ring (bicyclic) bond motifs is 1. The van der Waals surface area contributed by atoms with Crippen molar-refractivity contribution in [3.05, 3.63) is 60.2 Å². The van der Waals surface area contributed by atoms with E-state index in [9.17, 15) is 14.7 Å². The summed E-state index contributed by atoms with van der Waals surface area (Å²) < 4.78 is 7.88. The van der Waals surface area contributed by atoms with Crippen molar-refractivity contribution in [2.45, 2.75) is 45.5 Å². The highest BCUT2D eigenvalue weighted by Gasteiger charge is 2.31. The predicted octanol–water partition coefficient (Wildman–Crippen LogP) is 0.988. The average Bonchev–Trinajstić information content (AvgIpc) is 3.41. The number of likely N-dealkylation sites (N-methyl/N-ethyl adjacent to an activating group) is 1. The third-order valence-corrected chi connectivity index (χ3v) is 6.59. The second-order valence-electron chi connectivity index (χ2n) is 9.82. The maximum atomic E-state index is 13.4. The summed E-state index contributed by atoms with van der Waals surface area (Å²) in [6.45, 7) is 5.54. The summed E-state index contributed by atoms with van der Waals surface area (Å²) in [4.78, 5) is 33.8. The molecule has 0 radical (unpaired) electrons. The lowest BCUT2D eigenvalue weighted by Crippen LogP contribution is -2.47. The highest BCUT2D eigenvalue weighted by molar-refractivity contribution is 5.91. The van der Waals surface area contributed by atoms with Crippen LogP contribution in [0, 0.1) is 5.92 Å². The van der Waals surface area contributed by atoms with Gasteiger partial charge >= 0.3 is 0 Å². The van der Waals surface area contributed by atoms with E-state index in [1.165, 1.54) is 11.0 Å². The van der Waals surface area contributed by atoms with E-state index < -0.39 is 0 Å². The molecule has 0 bridgehead atoms. The molecule has 3 aromatic rings. The summed E-state index contributed by atoms with van der Waals surface area (Å²) in [6.07, 6.45) is 4.78. The van der Waals surface area contributed by atoms with Gasteiger partial charge in [-0.1, -0.05) is 6.92 Å². The van der Waals surface area contributed by atoms with Gasteiger partial charge in [-0.3, -0.25) is 19.5 Å². The molecule has 0 saturated carbocycles. The molecule has 38 heavy (non-hydrogen) atoms. The molecule has 0 spiro atoms. The van der Waals surface area contributed by atoms with E-state index in [0.29, 0.717) is 30.1 Å². The molecule has 0 fully saturated rings. The van der Waals surface area contributed by atoms with E-state index in [2.05, 4.69) is 37.6 Å². The lowest BCUT2D eigenvalue weighted by Gasteiger charge is -2.34. The zero-order valence-electron chi connectivity index (χ0n) is 21.9. The number of rotatable bonds is 9. The number of anilines is 1. The number of benzene rings is 1. The smallest absolute Gasteiger partial charge is 0.246 e. The summed E-state index contributed by atoms with van der Waals surface area (Å²) in [5, 5.41) is 23.4. The monoisotopic (exact) mass is 522 g/mol. The molecule has 12 heteroatoms. The maximum Gasteiger partial charge on any atom is 0.246 e. The van der Waals surface area contributed by atoms with Gasteiger partial charge < -0.3 is 20.1 Å². The Morgan fingerprint density at radius 2 is 2.08 bits per heavy atom. The Kier molecular flexibility index (Phi) is 8.98. The predicted molar refractivity (Wildman–Crippen MR) is 139 cm³/mol. The molecule has 202 valence electrons. The van der Waals surface area contributed by atoms with Crippen molar-refractivity contribution in [1.82, 2.24) is 35.0 Å². The molecule has 3 atom stereocenters. The van der Waals surface area contributed by atoms with E-state index >= 15 is 0 Å². The van der Waals surface area contributed by atoms with Crippen molar-refractivity contribution in [2.24, 2.45) is 5.92 Å². The minimum Gasteiger partial charge on any atom is -0.488 e. The van der Waals surface area contributed by atoms with E-state index in [4.69, 9.17) is 4.74 Å². The largest absolute Gasteiger partial charge is 0.488 e. The van der Waals surface area contributed by atoms with Crippen LogP contribution in [0.1, 0.15) is 25.0 Å². The molecule has 1 aliphatic rings. The van der Waals surface area contributed by atoms with Gasteiger partial charge in [-0.25, -0.2) is 4.68 Å². The second-order valence-corrected chi connectivity index (χ2v) is 9.82. The van der Waals surface area contributed by atoms with E-state index in [-0.39, 0.29) is 49.5 Å². The molecule has 0 saturated heterocycles. The number of carbonyl (C=O) groups is 2. The minimum atomic E-state index is -0.333. The van der Waals surface area contributed by atoms with Gasteiger partial charge in [0, 0.05) is 49.2 Å². The summed E-state index contributed by atoms with van der Waals surface area (Å²) in [5.41, 5.74) is 2.35. The summed E-state index contributed by atoms with van der Waals surface area (Å²) in [7, 11) is 2.03. The molecular weight excluding hydrogens is 488 g/mol. The van der Waals surface area contributed by atoms with Gasteiger partial charge in [0.05, 0.1) is 19.1 Å². The van der Waals surface area contributed by atoms with Crippen molar-refractivity contribution in [3.63, 3.8) is 0 Å². The SMILES string of the molecule is C[C@@H]1CN([C@H](C)CO)C(=O)Cc2cc(NC(=O)Cn3cnnn3)ccc2O[C@H]1CN(C)Cc1ccncc1. The summed E-state index contributed by atoms with van der Waals surface area (Å²) in [6, 6.07) is 8.95. The molecule has 0 unspecified atom stereocenters. The Hall–Kier alpha value is -3.90. The van der Waals surface area contributed by atoms with Crippen LogP contribution in [0.2, 0.25) is 0 Å². The Labute approximate surface area is 221 Å². The van der Waals surface area contributed by atoms with E-state index in [1.807, 2.05) is 26.1 Å². The molecular formula is C26H34N8O4. The normalized spacial score (nSPS) is 18.7. The Morgan fingerprint density at radius 3 is 2.79 bits per heavy atom. The van der Waals surface area contributed by atoms with Gasteiger partial charge in [-0.2, -0.15) is 0 Å². The fraction of sp³-hybridized carbons (Fsp3) is 0.462. The topological polar surface area (TPSA) is 139 Å². The molecule has 1 aromatic carbocycles. The molecule has 3 heterocycles. The van der Waals surface area contributed by atoms with Crippen LogP contribution >= 0.6 is 0 Å². The zero-order valence-corrected chi connectivity index (χ0v) is 21.9. The molecule has 0 aliphatic carbocycles. The highest BCUT2D eigenvalue weighted by Crippen LogP contribution is 2.29. The number of nitrogens with one attached hydrogen (secondary N) is 1. The average molecular weight is 523 g/mol. The Morgan fingerprint density at radius 1 is 1.29 bits per heavy atom.